The van der Waals surface area contributed by atoms with E-state index >= 15 is 0 Å². The van der Waals surface area contributed by atoms with Crippen LogP contribution in [0.2, 0.25) is 0 Å². The highest BCUT2D eigenvalue weighted by molar-refractivity contribution is 5.86. The van der Waals surface area contributed by atoms with Crippen LogP contribution in [0.3, 0.4) is 0 Å². The van der Waals surface area contributed by atoms with Crippen LogP contribution in [0.15, 0.2) is 18.3 Å². The largest absolute Gasteiger partial charge is 0.379 e. The minimum atomic E-state index is -0.362. The maximum Gasteiger partial charge on any atom is 0.241 e. The molecule has 1 saturated heterocycles. The molecule has 2 fully saturated rings. The monoisotopic (exact) mass is 345 g/mol. The van der Waals surface area contributed by atoms with Crippen LogP contribution in [0.1, 0.15) is 62.7 Å². The molecular formula is C20H31N3O2. The number of carbonyl (C=O) groups excluding carboxylic acids is 1. The number of rotatable bonds is 5. The second kappa shape index (κ2) is 8.28. The predicted octanol–water partition coefficient (Wildman–Crippen LogP) is 2.99. The third kappa shape index (κ3) is 4.04. The Morgan fingerprint density at radius 1 is 1.32 bits per heavy atom. The van der Waals surface area contributed by atoms with Crippen molar-refractivity contribution in [1.29, 1.82) is 0 Å². The zero-order valence-corrected chi connectivity index (χ0v) is 15.6. The molecule has 25 heavy (non-hydrogen) atoms. The van der Waals surface area contributed by atoms with Crippen molar-refractivity contribution in [1.82, 2.24) is 15.2 Å². The van der Waals surface area contributed by atoms with Crippen molar-refractivity contribution in [2.75, 3.05) is 26.3 Å². The van der Waals surface area contributed by atoms with Crippen molar-refractivity contribution >= 4 is 5.91 Å². The van der Waals surface area contributed by atoms with Gasteiger partial charge in [-0.3, -0.25) is 14.7 Å². The van der Waals surface area contributed by atoms with Gasteiger partial charge >= 0.3 is 0 Å². The zero-order chi connectivity index (χ0) is 17.7. The number of amides is 1. The Morgan fingerprint density at radius 2 is 2.04 bits per heavy atom. The van der Waals surface area contributed by atoms with Crippen LogP contribution in [0.5, 0.6) is 0 Å². The van der Waals surface area contributed by atoms with Crippen LogP contribution in [0.25, 0.3) is 0 Å². The van der Waals surface area contributed by atoms with Gasteiger partial charge in [0.25, 0.3) is 0 Å². The predicted molar refractivity (Wildman–Crippen MR) is 98.4 cm³/mol. The molecule has 1 saturated carbocycles. The molecule has 0 radical (unpaired) electrons. The van der Waals surface area contributed by atoms with E-state index in [1.165, 1.54) is 12.0 Å². The summed E-state index contributed by atoms with van der Waals surface area (Å²) >= 11 is 0. The lowest BCUT2D eigenvalue weighted by Crippen LogP contribution is -2.62. The number of aromatic nitrogens is 1. The summed E-state index contributed by atoms with van der Waals surface area (Å²) in [5, 5.41) is 3.33. The van der Waals surface area contributed by atoms with E-state index in [0.717, 1.165) is 64.1 Å². The van der Waals surface area contributed by atoms with Gasteiger partial charge in [-0.15, -0.1) is 0 Å². The molecule has 0 aromatic carbocycles. The summed E-state index contributed by atoms with van der Waals surface area (Å²) in [5.74, 6) is 0.184. The summed E-state index contributed by atoms with van der Waals surface area (Å²) in [6, 6.07) is 4.05. The van der Waals surface area contributed by atoms with E-state index < -0.39 is 0 Å². The first-order chi connectivity index (χ1) is 12.2. The van der Waals surface area contributed by atoms with Gasteiger partial charge in [0.15, 0.2) is 0 Å². The molecule has 1 N–H and O–H groups in total. The van der Waals surface area contributed by atoms with Gasteiger partial charge in [0, 0.05) is 19.3 Å². The first-order valence-electron chi connectivity index (χ1n) is 9.72. The van der Waals surface area contributed by atoms with E-state index in [0.29, 0.717) is 0 Å². The van der Waals surface area contributed by atoms with Gasteiger partial charge in [-0.1, -0.05) is 26.2 Å². The minimum absolute atomic E-state index is 0.0211. The van der Waals surface area contributed by atoms with Crippen LogP contribution in [0, 0.1) is 6.92 Å². The summed E-state index contributed by atoms with van der Waals surface area (Å²) in [6.07, 6.45) is 8.08. The Bertz CT molecular complexity index is 578. The Balaban J connectivity index is 1.79. The van der Waals surface area contributed by atoms with Crippen LogP contribution in [0.4, 0.5) is 0 Å². The minimum Gasteiger partial charge on any atom is -0.379 e. The molecule has 5 heteroatoms. The lowest BCUT2D eigenvalue weighted by atomic mass is 9.79. The topological polar surface area (TPSA) is 54.5 Å². The summed E-state index contributed by atoms with van der Waals surface area (Å²) in [5.41, 5.74) is 1.78. The van der Waals surface area contributed by atoms with E-state index in [4.69, 9.17) is 4.74 Å². The number of pyridine rings is 1. The zero-order valence-electron chi connectivity index (χ0n) is 15.6. The van der Waals surface area contributed by atoms with Gasteiger partial charge in [-0.05, 0) is 43.9 Å². The fourth-order valence-corrected chi connectivity index (χ4v) is 4.24. The summed E-state index contributed by atoms with van der Waals surface area (Å²) in [4.78, 5) is 20.3. The number of carbonyl (C=O) groups is 1. The molecule has 2 aliphatic rings. The summed E-state index contributed by atoms with van der Waals surface area (Å²) < 4.78 is 5.52. The van der Waals surface area contributed by atoms with Crippen molar-refractivity contribution in [3.63, 3.8) is 0 Å². The number of morpholine rings is 1. The number of aryl methyl sites for hydroxylation is 1. The molecule has 1 aromatic heterocycles. The lowest BCUT2D eigenvalue weighted by molar-refractivity contribution is -0.141. The third-order valence-electron chi connectivity index (χ3n) is 5.73. The molecule has 1 amide bonds. The Morgan fingerprint density at radius 3 is 2.68 bits per heavy atom. The Labute approximate surface area is 151 Å². The van der Waals surface area contributed by atoms with E-state index in [2.05, 4.69) is 35.1 Å². The summed E-state index contributed by atoms with van der Waals surface area (Å²) in [6.45, 7) is 7.34. The normalized spacial score (nSPS) is 22.3. The van der Waals surface area contributed by atoms with Gasteiger partial charge in [-0.25, -0.2) is 0 Å². The first kappa shape index (κ1) is 18.3. The third-order valence-corrected chi connectivity index (χ3v) is 5.73. The van der Waals surface area contributed by atoms with Gasteiger partial charge in [-0.2, -0.15) is 0 Å². The highest BCUT2D eigenvalue weighted by Gasteiger charge is 2.45. The molecule has 5 nitrogen and oxygen atoms in total. The van der Waals surface area contributed by atoms with E-state index in [1.54, 1.807) is 0 Å². The number of hydrogen-bond donors (Lipinski definition) is 1. The molecule has 1 atom stereocenters. The average Bonchev–Trinajstić information content (AvgIpc) is 2.67. The van der Waals surface area contributed by atoms with Gasteiger partial charge in [0.05, 0.1) is 24.9 Å². The van der Waals surface area contributed by atoms with Crippen LogP contribution in [-0.4, -0.2) is 47.6 Å². The van der Waals surface area contributed by atoms with Crippen molar-refractivity contribution in [2.45, 2.75) is 64.0 Å². The van der Waals surface area contributed by atoms with Gasteiger partial charge in [0.1, 0.15) is 5.54 Å². The summed E-state index contributed by atoms with van der Waals surface area (Å²) in [7, 11) is 0. The molecule has 2 heterocycles. The van der Waals surface area contributed by atoms with Gasteiger partial charge in [0.2, 0.25) is 5.91 Å². The highest BCUT2D eigenvalue weighted by Crippen LogP contribution is 2.35. The number of nitrogens with zero attached hydrogens (tertiary/aromatic N) is 2. The molecule has 0 unspecified atom stereocenters. The molecule has 1 aliphatic carbocycles. The molecule has 138 valence electrons. The number of ether oxygens (including phenoxy) is 1. The maximum atomic E-state index is 13.4. The highest BCUT2D eigenvalue weighted by atomic mass is 16.5. The second-order valence-corrected chi connectivity index (χ2v) is 7.38. The maximum absolute atomic E-state index is 13.4. The molecule has 0 spiro atoms. The lowest BCUT2D eigenvalue weighted by Gasteiger charge is -2.47. The van der Waals surface area contributed by atoms with Crippen molar-refractivity contribution in [3.8, 4) is 0 Å². The molecule has 0 bridgehead atoms. The molecule has 1 aliphatic heterocycles. The van der Waals surface area contributed by atoms with Crippen molar-refractivity contribution in [2.24, 2.45) is 0 Å². The van der Waals surface area contributed by atoms with Crippen LogP contribution in [-0.2, 0) is 9.53 Å². The first-order valence-corrected chi connectivity index (χ1v) is 9.72. The van der Waals surface area contributed by atoms with Crippen molar-refractivity contribution in [3.05, 3.63) is 29.6 Å². The fraction of sp³-hybridized carbons (Fsp3) is 0.700. The van der Waals surface area contributed by atoms with Gasteiger partial charge < -0.3 is 10.1 Å². The molecule has 3 rings (SSSR count). The van der Waals surface area contributed by atoms with E-state index in [9.17, 15) is 4.79 Å². The Kier molecular flexibility index (Phi) is 6.07. The quantitative estimate of drug-likeness (QED) is 0.891. The molecule has 1 aromatic rings. The standard InChI is InChI=1S/C20H31N3O2/c1-3-17(18-15-16(2)7-10-21-18)22-19(24)20(8-5-4-6-9-20)23-11-13-25-14-12-23/h7,10,15,17H,3-6,8-9,11-14H2,1-2H3,(H,22,24)/t17-/m1/s1. The van der Waals surface area contributed by atoms with E-state index in [-0.39, 0.29) is 17.5 Å². The average molecular weight is 345 g/mol. The van der Waals surface area contributed by atoms with Crippen LogP contribution >= 0.6 is 0 Å². The van der Waals surface area contributed by atoms with E-state index in [1.807, 2.05) is 12.3 Å². The number of hydrogen-bond acceptors (Lipinski definition) is 4. The SMILES string of the molecule is CC[C@@H](NC(=O)C1(N2CCOCC2)CCCCC1)c1cc(C)ccn1. The van der Waals surface area contributed by atoms with Crippen LogP contribution < -0.4 is 5.32 Å². The fourth-order valence-electron chi connectivity index (χ4n) is 4.24. The number of nitrogens with one attached hydrogen (secondary N) is 1. The van der Waals surface area contributed by atoms with Crippen molar-refractivity contribution < 1.29 is 9.53 Å². The smallest absolute Gasteiger partial charge is 0.241 e. The molecular weight excluding hydrogens is 314 g/mol. The Hall–Kier alpha value is -1.46. The second-order valence-electron chi connectivity index (χ2n) is 7.38.